The van der Waals surface area contributed by atoms with Crippen LogP contribution in [0.25, 0.3) is 0 Å². The molecule has 0 aliphatic carbocycles. The summed E-state index contributed by atoms with van der Waals surface area (Å²) in [5.41, 5.74) is -1.31. The van der Waals surface area contributed by atoms with Crippen molar-refractivity contribution in [2.45, 2.75) is 75.7 Å². The molecule has 3 saturated heterocycles. The molecule has 36 heavy (non-hydrogen) atoms. The number of amides is 2. The van der Waals surface area contributed by atoms with Gasteiger partial charge in [0.15, 0.2) is 0 Å². The van der Waals surface area contributed by atoms with E-state index in [9.17, 15) is 24.6 Å². The number of carboxylic acids is 1. The number of rotatable bonds is 12. The molecule has 8 heteroatoms. The van der Waals surface area contributed by atoms with Gasteiger partial charge in [-0.15, -0.1) is 6.58 Å². The summed E-state index contributed by atoms with van der Waals surface area (Å²) in [6, 6.07) is 7.81. The van der Waals surface area contributed by atoms with E-state index in [2.05, 4.69) is 13.5 Å². The number of carbonyl (C=O) groups is 3. The van der Waals surface area contributed by atoms with E-state index in [-0.39, 0.29) is 12.5 Å². The van der Waals surface area contributed by atoms with E-state index in [1.54, 1.807) is 17.9 Å². The summed E-state index contributed by atoms with van der Waals surface area (Å²) in [7, 11) is 0. The van der Waals surface area contributed by atoms with Crippen molar-refractivity contribution in [1.82, 2.24) is 9.80 Å². The van der Waals surface area contributed by atoms with Crippen molar-refractivity contribution in [1.29, 1.82) is 0 Å². The van der Waals surface area contributed by atoms with E-state index < -0.39 is 47.0 Å². The van der Waals surface area contributed by atoms with Crippen LogP contribution in [0, 0.1) is 11.8 Å². The van der Waals surface area contributed by atoms with Crippen LogP contribution in [0.3, 0.4) is 0 Å². The number of hydrogen-bond acceptors (Lipinski definition) is 5. The Kier molecular flexibility index (Phi) is 7.57. The number of ether oxygens (including phenoxy) is 1. The van der Waals surface area contributed by atoms with Gasteiger partial charge in [0, 0.05) is 13.1 Å². The average Bonchev–Trinajstić information content (AvgIpc) is 3.43. The highest BCUT2D eigenvalue weighted by molar-refractivity contribution is 5.98. The van der Waals surface area contributed by atoms with Crippen molar-refractivity contribution in [2.24, 2.45) is 11.8 Å². The number of aliphatic carboxylic acids is 1. The Morgan fingerprint density at radius 3 is 2.61 bits per heavy atom. The molecule has 0 aromatic heterocycles. The SMILES string of the molecule is C=CCN(CCCCC)C(=O)C1N([C@@H](CO)Cc2ccccc2)C(=O)[C@@H]2[C@@H](C(=O)O)[C@@]3(C)CCC12O3. The minimum atomic E-state index is -1.22. The Morgan fingerprint density at radius 2 is 2.00 bits per heavy atom. The highest BCUT2D eigenvalue weighted by Gasteiger charge is 2.78. The van der Waals surface area contributed by atoms with E-state index in [0.29, 0.717) is 32.4 Å². The van der Waals surface area contributed by atoms with Gasteiger partial charge in [-0.1, -0.05) is 56.2 Å². The predicted molar refractivity (Wildman–Crippen MR) is 134 cm³/mol. The first kappa shape index (κ1) is 26.4. The molecule has 196 valence electrons. The lowest BCUT2D eigenvalue weighted by molar-refractivity contribution is -0.158. The van der Waals surface area contributed by atoms with E-state index in [1.807, 2.05) is 30.3 Å². The van der Waals surface area contributed by atoms with Crippen LogP contribution in [0.15, 0.2) is 43.0 Å². The maximum atomic E-state index is 14.2. The molecule has 0 saturated carbocycles. The smallest absolute Gasteiger partial charge is 0.310 e. The van der Waals surface area contributed by atoms with Gasteiger partial charge >= 0.3 is 5.97 Å². The van der Waals surface area contributed by atoms with Gasteiger partial charge in [-0.05, 0) is 38.2 Å². The fourth-order valence-corrected chi connectivity index (χ4v) is 6.72. The monoisotopic (exact) mass is 498 g/mol. The second kappa shape index (κ2) is 10.3. The van der Waals surface area contributed by atoms with Gasteiger partial charge in [0.25, 0.3) is 0 Å². The molecule has 2 unspecified atom stereocenters. The van der Waals surface area contributed by atoms with Crippen molar-refractivity contribution in [3.8, 4) is 0 Å². The number of fused-ring (bicyclic) bond motifs is 1. The third-order valence-corrected chi connectivity index (χ3v) is 8.33. The number of hydrogen-bond donors (Lipinski definition) is 2. The van der Waals surface area contributed by atoms with E-state index in [4.69, 9.17) is 4.74 Å². The minimum absolute atomic E-state index is 0.261. The van der Waals surface area contributed by atoms with Crippen molar-refractivity contribution >= 4 is 17.8 Å². The zero-order valence-electron chi connectivity index (χ0n) is 21.3. The van der Waals surface area contributed by atoms with Crippen molar-refractivity contribution in [2.75, 3.05) is 19.7 Å². The minimum Gasteiger partial charge on any atom is -0.481 e. The Bertz CT molecular complexity index is 999. The molecule has 1 aromatic rings. The summed E-state index contributed by atoms with van der Waals surface area (Å²) in [4.78, 5) is 43.9. The van der Waals surface area contributed by atoms with Gasteiger partial charge in [0.1, 0.15) is 11.6 Å². The number of carbonyl (C=O) groups excluding carboxylic acids is 2. The molecular weight excluding hydrogens is 460 g/mol. The Hall–Kier alpha value is -2.71. The molecule has 6 atom stereocenters. The van der Waals surface area contributed by atoms with Gasteiger partial charge < -0.3 is 24.7 Å². The lowest BCUT2D eigenvalue weighted by Crippen LogP contribution is -2.59. The molecule has 3 aliphatic heterocycles. The Labute approximate surface area is 212 Å². The molecule has 1 aromatic carbocycles. The molecule has 2 amide bonds. The van der Waals surface area contributed by atoms with Gasteiger partial charge in [-0.25, -0.2) is 0 Å². The van der Waals surface area contributed by atoms with Gasteiger partial charge in [0.05, 0.1) is 30.1 Å². The number of carboxylic acid groups (broad SMARTS) is 1. The second-order valence-corrected chi connectivity index (χ2v) is 10.6. The number of nitrogens with zero attached hydrogens (tertiary/aromatic N) is 2. The molecule has 3 fully saturated rings. The zero-order valence-corrected chi connectivity index (χ0v) is 21.3. The lowest BCUT2D eigenvalue weighted by Gasteiger charge is -2.39. The first-order chi connectivity index (χ1) is 17.2. The zero-order chi connectivity index (χ0) is 26.1. The van der Waals surface area contributed by atoms with Crippen LogP contribution < -0.4 is 0 Å². The molecular formula is C28H38N2O6. The number of aliphatic hydroxyl groups is 1. The number of unbranched alkanes of at least 4 members (excludes halogenated alkanes) is 2. The largest absolute Gasteiger partial charge is 0.481 e. The van der Waals surface area contributed by atoms with Gasteiger partial charge in [-0.3, -0.25) is 14.4 Å². The standard InChI is InChI=1S/C28H38N2O6/c1-4-6-10-16-29(15-5-2)25(33)23-28-14-13-27(3,36-28)22(26(34)35)21(28)24(32)30(23)20(18-31)17-19-11-8-7-9-12-19/h5,7-9,11-12,20-23,31H,2,4,6,10,13-18H2,1,3H3,(H,34,35)/t20-,21+,22+,23?,27-,28?/m1/s1. The number of aliphatic hydroxyl groups excluding tert-OH is 1. The topological polar surface area (TPSA) is 107 Å². The molecule has 0 radical (unpaired) electrons. The van der Waals surface area contributed by atoms with Crippen molar-refractivity contribution < 1.29 is 29.3 Å². The number of likely N-dealkylation sites (tertiary alicyclic amines) is 1. The quantitative estimate of drug-likeness (QED) is 0.339. The first-order valence-electron chi connectivity index (χ1n) is 13.0. The van der Waals surface area contributed by atoms with E-state index in [1.165, 1.54) is 4.90 Å². The summed E-state index contributed by atoms with van der Waals surface area (Å²) in [5, 5.41) is 20.6. The van der Waals surface area contributed by atoms with Crippen molar-refractivity contribution in [3.63, 3.8) is 0 Å². The van der Waals surface area contributed by atoms with Crippen LogP contribution in [0.2, 0.25) is 0 Å². The Balaban J connectivity index is 1.77. The van der Waals surface area contributed by atoms with Gasteiger partial charge in [-0.2, -0.15) is 0 Å². The first-order valence-corrected chi connectivity index (χ1v) is 13.0. The van der Waals surface area contributed by atoms with Crippen LogP contribution in [0.1, 0.15) is 51.5 Å². The summed E-state index contributed by atoms with van der Waals surface area (Å²) in [6.45, 7) is 8.14. The highest BCUT2D eigenvalue weighted by Crippen LogP contribution is 2.63. The molecule has 2 N–H and O–H groups in total. The van der Waals surface area contributed by atoms with Crippen molar-refractivity contribution in [3.05, 3.63) is 48.6 Å². The maximum absolute atomic E-state index is 14.2. The van der Waals surface area contributed by atoms with Crippen LogP contribution >= 0.6 is 0 Å². The highest BCUT2D eigenvalue weighted by atomic mass is 16.5. The summed E-state index contributed by atoms with van der Waals surface area (Å²) < 4.78 is 6.48. The van der Waals surface area contributed by atoms with Gasteiger partial charge in [0.2, 0.25) is 11.8 Å². The third-order valence-electron chi connectivity index (χ3n) is 8.33. The summed E-state index contributed by atoms with van der Waals surface area (Å²) in [5.74, 6) is -3.76. The van der Waals surface area contributed by atoms with Crippen LogP contribution in [-0.2, 0) is 25.5 Å². The average molecular weight is 499 g/mol. The number of benzene rings is 1. The summed E-state index contributed by atoms with van der Waals surface area (Å²) in [6.07, 6.45) is 5.69. The van der Waals surface area contributed by atoms with E-state index in [0.717, 1.165) is 24.8 Å². The predicted octanol–water partition coefficient (Wildman–Crippen LogP) is 2.64. The maximum Gasteiger partial charge on any atom is 0.310 e. The lowest BCUT2D eigenvalue weighted by atomic mass is 9.66. The van der Waals surface area contributed by atoms with Crippen LogP contribution in [0.5, 0.6) is 0 Å². The van der Waals surface area contributed by atoms with Crippen LogP contribution in [-0.4, -0.2) is 80.8 Å². The van der Waals surface area contributed by atoms with E-state index >= 15 is 0 Å². The molecule has 2 bridgehead atoms. The molecule has 4 rings (SSSR count). The fourth-order valence-electron chi connectivity index (χ4n) is 6.72. The third kappa shape index (κ3) is 4.24. The molecule has 3 aliphatic rings. The molecule has 1 spiro atoms. The second-order valence-electron chi connectivity index (χ2n) is 10.6. The van der Waals surface area contributed by atoms with Crippen LogP contribution in [0.4, 0.5) is 0 Å². The normalized spacial score (nSPS) is 31.4. The molecule has 8 nitrogen and oxygen atoms in total. The fraction of sp³-hybridized carbons (Fsp3) is 0.607. The summed E-state index contributed by atoms with van der Waals surface area (Å²) >= 11 is 0. The Morgan fingerprint density at radius 1 is 1.28 bits per heavy atom. The molecule has 3 heterocycles.